The zero-order valence-electron chi connectivity index (χ0n) is 19.4. The Hall–Kier alpha value is -2.44. The highest BCUT2D eigenvalue weighted by Gasteiger charge is 2.15. The van der Waals surface area contributed by atoms with Crippen molar-refractivity contribution in [2.24, 2.45) is 0 Å². The maximum atomic E-state index is 5.51. The van der Waals surface area contributed by atoms with Gasteiger partial charge in [-0.05, 0) is 61.3 Å². The molecule has 0 aliphatic carbocycles. The van der Waals surface area contributed by atoms with Gasteiger partial charge in [0.15, 0.2) is 23.0 Å². The van der Waals surface area contributed by atoms with Crippen molar-refractivity contribution in [2.75, 3.05) is 54.6 Å². The number of methoxy groups -OCH3 is 4. The molecule has 31 heavy (non-hydrogen) atoms. The molecule has 1 aliphatic rings. The first-order valence-corrected chi connectivity index (χ1v) is 11.0. The molecule has 1 saturated heterocycles. The molecule has 6 heteroatoms. The number of rotatable bonds is 11. The van der Waals surface area contributed by atoms with Crippen LogP contribution in [0.1, 0.15) is 30.4 Å². The summed E-state index contributed by atoms with van der Waals surface area (Å²) in [6, 6.07) is 12.3. The molecule has 0 bridgehead atoms. The minimum Gasteiger partial charge on any atom is -0.493 e. The Morgan fingerprint density at radius 3 is 1.61 bits per heavy atom. The minimum absolute atomic E-state index is 0.756. The van der Waals surface area contributed by atoms with Crippen LogP contribution in [0, 0.1) is 0 Å². The summed E-state index contributed by atoms with van der Waals surface area (Å²) in [6.07, 6.45) is 3.98. The van der Waals surface area contributed by atoms with Gasteiger partial charge in [-0.1, -0.05) is 18.6 Å². The maximum absolute atomic E-state index is 5.51. The molecule has 1 aliphatic heterocycles. The fourth-order valence-corrected chi connectivity index (χ4v) is 4.15. The van der Waals surface area contributed by atoms with Gasteiger partial charge in [0.05, 0.1) is 28.4 Å². The predicted molar refractivity (Wildman–Crippen MR) is 123 cm³/mol. The van der Waals surface area contributed by atoms with E-state index in [0.29, 0.717) is 0 Å². The van der Waals surface area contributed by atoms with Crippen molar-refractivity contribution in [1.29, 1.82) is 0 Å². The molecule has 170 valence electrons. The van der Waals surface area contributed by atoms with Crippen LogP contribution in [0.3, 0.4) is 0 Å². The summed E-state index contributed by atoms with van der Waals surface area (Å²) in [4.78, 5) is 5.07. The van der Waals surface area contributed by atoms with Crippen molar-refractivity contribution in [1.82, 2.24) is 9.80 Å². The first-order chi connectivity index (χ1) is 15.2. The van der Waals surface area contributed by atoms with Crippen molar-refractivity contribution < 1.29 is 18.9 Å². The van der Waals surface area contributed by atoms with E-state index in [9.17, 15) is 0 Å². The molecule has 0 aromatic heterocycles. The van der Waals surface area contributed by atoms with Gasteiger partial charge >= 0.3 is 0 Å². The van der Waals surface area contributed by atoms with E-state index in [1.54, 1.807) is 28.4 Å². The first-order valence-electron chi connectivity index (χ1n) is 11.0. The Balaban J connectivity index is 1.75. The van der Waals surface area contributed by atoms with Gasteiger partial charge in [0.1, 0.15) is 0 Å². The van der Waals surface area contributed by atoms with Gasteiger partial charge in [-0.3, -0.25) is 4.90 Å². The highest BCUT2D eigenvalue weighted by Crippen LogP contribution is 2.30. The van der Waals surface area contributed by atoms with Crippen LogP contribution in [0.15, 0.2) is 36.4 Å². The Kier molecular flexibility index (Phi) is 8.85. The molecule has 1 fully saturated rings. The van der Waals surface area contributed by atoms with E-state index in [-0.39, 0.29) is 0 Å². The van der Waals surface area contributed by atoms with Crippen LogP contribution in [-0.4, -0.2) is 64.4 Å². The van der Waals surface area contributed by atoms with Crippen LogP contribution in [0.2, 0.25) is 0 Å². The zero-order valence-corrected chi connectivity index (χ0v) is 19.4. The normalized spacial score (nSPS) is 14.5. The number of nitrogens with zero attached hydrogens (tertiary/aromatic N) is 2. The summed E-state index contributed by atoms with van der Waals surface area (Å²) in [5, 5.41) is 0. The van der Waals surface area contributed by atoms with Gasteiger partial charge in [-0.2, -0.15) is 0 Å². The van der Waals surface area contributed by atoms with Crippen LogP contribution in [0.4, 0.5) is 0 Å². The second-order valence-electron chi connectivity index (χ2n) is 7.99. The number of benzene rings is 2. The summed E-state index contributed by atoms with van der Waals surface area (Å²) >= 11 is 0. The summed E-state index contributed by atoms with van der Waals surface area (Å²) in [5.41, 5.74) is 2.41. The molecule has 0 N–H and O–H groups in total. The fraction of sp³-hybridized carbons (Fsp3) is 0.520. The Morgan fingerprint density at radius 1 is 0.677 bits per heavy atom. The third-order valence-electron chi connectivity index (χ3n) is 5.89. The monoisotopic (exact) mass is 428 g/mol. The van der Waals surface area contributed by atoms with Crippen LogP contribution in [0.5, 0.6) is 23.0 Å². The van der Waals surface area contributed by atoms with E-state index >= 15 is 0 Å². The molecular weight excluding hydrogens is 392 g/mol. The smallest absolute Gasteiger partial charge is 0.161 e. The number of hydrogen-bond donors (Lipinski definition) is 0. The van der Waals surface area contributed by atoms with Gasteiger partial charge < -0.3 is 23.8 Å². The van der Waals surface area contributed by atoms with E-state index in [1.807, 2.05) is 12.1 Å². The third-order valence-corrected chi connectivity index (χ3v) is 5.89. The molecule has 0 unspecified atom stereocenters. The lowest BCUT2D eigenvalue weighted by Gasteiger charge is -2.30. The number of hydrogen-bond acceptors (Lipinski definition) is 6. The van der Waals surface area contributed by atoms with Crippen molar-refractivity contribution in [2.45, 2.75) is 32.4 Å². The van der Waals surface area contributed by atoms with Crippen LogP contribution >= 0.6 is 0 Å². The second-order valence-corrected chi connectivity index (χ2v) is 7.99. The fourth-order valence-electron chi connectivity index (χ4n) is 4.15. The SMILES string of the molecule is COc1ccc(CN(CCN2CCCCC2)Cc2ccc(OC)c(OC)c2)cc1OC. The molecule has 0 spiro atoms. The van der Waals surface area contributed by atoms with Crippen LogP contribution < -0.4 is 18.9 Å². The van der Waals surface area contributed by atoms with Crippen molar-refractivity contribution in [3.8, 4) is 23.0 Å². The Bertz CT molecular complexity index is 764. The van der Waals surface area contributed by atoms with Crippen LogP contribution in [-0.2, 0) is 13.1 Å². The van der Waals surface area contributed by atoms with E-state index in [4.69, 9.17) is 18.9 Å². The van der Waals surface area contributed by atoms with Gasteiger partial charge in [-0.15, -0.1) is 0 Å². The van der Waals surface area contributed by atoms with E-state index < -0.39 is 0 Å². The highest BCUT2D eigenvalue weighted by atomic mass is 16.5. The zero-order chi connectivity index (χ0) is 22.1. The molecule has 0 radical (unpaired) electrons. The lowest BCUT2D eigenvalue weighted by Crippen LogP contribution is -2.37. The maximum Gasteiger partial charge on any atom is 0.161 e. The van der Waals surface area contributed by atoms with Gasteiger partial charge in [0, 0.05) is 26.2 Å². The van der Waals surface area contributed by atoms with E-state index in [0.717, 1.165) is 49.2 Å². The quantitative estimate of drug-likeness (QED) is 0.534. The van der Waals surface area contributed by atoms with Crippen molar-refractivity contribution >= 4 is 0 Å². The summed E-state index contributed by atoms with van der Waals surface area (Å²) in [7, 11) is 6.69. The lowest BCUT2D eigenvalue weighted by atomic mass is 10.1. The lowest BCUT2D eigenvalue weighted by molar-refractivity contribution is 0.173. The van der Waals surface area contributed by atoms with E-state index in [1.165, 1.54) is 43.5 Å². The molecule has 3 rings (SSSR count). The van der Waals surface area contributed by atoms with Crippen molar-refractivity contribution in [3.05, 3.63) is 47.5 Å². The molecule has 0 amide bonds. The third kappa shape index (κ3) is 6.52. The molecule has 6 nitrogen and oxygen atoms in total. The molecule has 2 aromatic rings. The summed E-state index contributed by atoms with van der Waals surface area (Å²) < 4.78 is 21.8. The first kappa shape index (κ1) is 23.2. The molecule has 0 atom stereocenters. The molecular formula is C25H36N2O4. The predicted octanol–water partition coefficient (Wildman–Crippen LogP) is 4.21. The standard InChI is InChI=1S/C25H36N2O4/c1-28-22-10-8-20(16-24(22)30-3)18-27(15-14-26-12-6-5-7-13-26)19-21-9-11-23(29-2)25(17-21)31-4/h8-11,16-17H,5-7,12-15,18-19H2,1-4H3. The van der Waals surface area contributed by atoms with Gasteiger partial charge in [-0.25, -0.2) is 0 Å². The molecule has 1 heterocycles. The number of likely N-dealkylation sites (tertiary alicyclic amines) is 1. The largest absolute Gasteiger partial charge is 0.493 e. The molecule has 0 saturated carbocycles. The number of piperidine rings is 1. The van der Waals surface area contributed by atoms with Gasteiger partial charge in [0.25, 0.3) is 0 Å². The van der Waals surface area contributed by atoms with Gasteiger partial charge in [0.2, 0.25) is 0 Å². The average Bonchev–Trinajstić information content (AvgIpc) is 2.82. The second kappa shape index (κ2) is 11.8. The topological polar surface area (TPSA) is 43.4 Å². The van der Waals surface area contributed by atoms with Crippen molar-refractivity contribution in [3.63, 3.8) is 0 Å². The van der Waals surface area contributed by atoms with E-state index in [2.05, 4.69) is 34.1 Å². The van der Waals surface area contributed by atoms with Crippen LogP contribution in [0.25, 0.3) is 0 Å². The Labute approximate surface area is 186 Å². The average molecular weight is 429 g/mol. The summed E-state index contributed by atoms with van der Waals surface area (Å²) in [6.45, 7) is 6.18. The minimum atomic E-state index is 0.756. The number of ether oxygens (including phenoxy) is 4. The highest BCUT2D eigenvalue weighted by molar-refractivity contribution is 5.44. The summed E-state index contributed by atoms with van der Waals surface area (Å²) in [5.74, 6) is 3.04. The Morgan fingerprint density at radius 2 is 1.16 bits per heavy atom. The molecule has 2 aromatic carbocycles.